The summed E-state index contributed by atoms with van der Waals surface area (Å²) in [6.45, 7) is 3.72. The number of aryl methyl sites for hydroxylation is 1. The molecule has 0 radical (unpaired) electrons. The van der Waals surface area contributed by atoms with E-state index in [1.54, 1.807) is 19.1 Å². The third-order valence-corrected chi connectivity index (χ3v) is 3.87. The fourth-order valence-corrected chi connectivity index (χ4v) is 2.35. The van der Waals surface area contributed by atoms with E-state index in [1.165, 1.54) is 23.7 Å². The Morgan fingerprint density at radius 2 is 2.27 bits per heavy atom. The summed E-state index contributed by atoms with van der Waals surface area (Å²) >= 11 is 0. The van der Waals surface area contributed by atoms with Gasteiger partial charge in [0.2, 0.25) is 11.7 Å². The SMILES string of the molecule is Cc1cc(-c2nnn(CC(=O)NC(C)C3CC3)n2)ccc1F. The Morgan fingerprint density at radius 1 is 1.50 bits per heavy atom. The second kappa shape index (κ2) is 5.82. The average Bonchev–Trinajstić information content (AvgIpc) is 3.23. The van der Waals surface area contributed by atoms with Gasteiger partial charge in [-0.3, -0.25) is 4.79 Å². The fraction of sp³-hybridized carbons (Fsp3) is 0.467. The first-order valence-corrected chi connectivity index (χ1v) is 7.36. The Balaban J connectivity index is 1.65. The lowest BCUT2D eigenvalue weighted by Gasteiger charge is -2.11. The van der Waals surface area contributed by atoms with Crippen LogP contribution in [-0.4, -0.2) is 32.2 Å². The van der Waals surface area contributed by atoms with Crippen LogP contribution in [0.3, 0.4) is 0 Å². The molecule has 1 aromatic carbocycles. The molecule has 0 aliphatic heterocycles. The second-order valence-electron chi connectivity index (χ2n) is 5.80. The quantitative estimate of drug-likeness (QED) is 0.912. The number of hydrogen-bond donors (Lipinski definition) is 1. The molecule has 22 heavy (non-hydrogen) atoms. The van der Waals surface area contributed by atoms with E-state index in [2.05, 4.69) is 20.7 Å². The van der Waals surface area contributed by atoms with Gasteiger partial charge in [-0.1, -0.05) is 0 Å². The van der Waals surface area contributed by atoms with E-state index in [-0.39, 0.29) is 24.3 Å². The molecule has 116 valence electrons. The van der Waals surface area contributed by atoms with E-state index in [1.807, 2.05) is 6.92 Å². The van der Waals surface area contributed by atoms with E-state index in [9.17, 15) is 9.18 Å². The first-order chi connectivity index (χ1) is 10.5. The maximum Gasteiger partial charge on any atom is 0.243 e. The normalized spacial score (nSPS) is 15.6. The molecule has 1 saturated carbocycles. The molecule has 1 aliphatic carbocycles. The van der Waals surface area contributed by atoms with Crippen LogP contribution in [0.5, 0.6) is 0 Å². The largest absolute Gasteiger partial charge is 0.352 e. The molecule has 1 N–H and O–H groups in total. The van der Waals surface area contributed by atoms with Crippen LogP contribution in [0.4, 0.5) is 4.39 Å². The molecule has 1 unspecified atom stereocenters. The first kappa shape index (κ1) is 14.6. The molecule has 6 nitrogen and oxygen atoms in total. The molecule has 1 heterocycles. The molecular formula is C15H18FN5O. The number of amides is 1. The van der Waals surface area contributed by atoms with Gasteiger partial charge in [-0.2, -0.15) is 4.80 Å². The van der Waals surface area contributed by atoms with Crippen LogP contribution in [-0.2, 0) is 11.3 Å². The lowest BCUT2D eigenvalue weighted by Crippen LogP contribution is -2.36. The van der Waals surface area contributed by atoms with Crippen LogP contribution in [0, 0.1) is 18.7 Å². The van der Waals surface area contributed by atoms with Crippen molar-refractivity contribution in [2.24, 2.45) is 5.92 Å². The molecule has 3 rings (SSSR count). The highest BCUT2D eigenvalue weighted by molar-refractivity contribution is 5.75. The summed E-state index contributed by atoms with van der Waals surface area (Å²) < 4.78 is 13.3. The van der Waals surface area contributed by atoms with Crippen LogP contribution in [0.25, 0.3) is 11.4 Å². The summed E-state index contributed by atoms with van der Waals surface area (Å²) in [6.07, 6.45) is 2.36. The van der Waals surface area contributed by atoms with Gasteiger partial charge in [0.15, 0.2) is 0 Å². The van der Waals surface area contributed by atoms with Crippen molar-refractivity contribution >= 4 is 5.91 Å². The van der Waals surface area contributed by atoms with Gasteiger partial charge in [0.05, 0.1) is 0 Å². The summed E-state index contributed by atoms with van der Waals surface area (Å²) in [4.78, 5) is 13.2. The zero-order valence-electron chi connectivity index (χ0n) is 12.6. The van der Waals surface area contributed by atoms with Gasteiger partial charge in [0, 0.05) is 11.6 Å². The highest BCUT2D eigenvalue weighted by atomic mass is 19.1. The maximum atomic E-state index is 13.3. The second-order valence-corrected chi connectivity index (χ2v) is 5.80. The van der Waals surface area contributed by atoms with Gasteiger partial charge >= 0.3 is 0 Å². The Morgan fingerprint density at radius 3 is 2.95 bits per heavy atom. The number of halogens is 1. The lowest BCUT2D eigenvalue weighted by molar-refractivity contribution is -0.122. The lowest BCUT2D eigenvalue weighted by atomic mass is 10.1. The molecule has 1 aliphatic rings. The van der Waals surface area contributed by atoms with E-state index in [0.29, 0.717) is 22.9 Å². The predicted octanol–water partition coefficient (Wildman–Crippen LogP) is 1.70. The number of nitrogens with one attached hydrogen (secondary N) is 1. The first-order valence-electron chi connectivity index (χ1n) is 7.36. The highest BCUT2D eigenvalue weighted by Gasteiger charge is 2.28. The van der Waals surface area contributed by atoms with Crippen molar-refractivity contribution in [3.63, 3.8) is 0 Å². The van der Waals surface area contributed by atoms with Crippen molar-refractivity contribution in [3.05, 3.63) is 29.6 Å². The van der Waals surface area contributed by atoms with Crippen LogP contribution in [0.1, 0.15) is 25.3 Å². The molecule has 1 amide bonds. The summed E-state index contributed by atoms with van der Waals surface area (Å²) in [7, 11) is 0. The third-order valence-electron chi connectivity index (χ3n) is 3.87. The zero-order chi connectivity index (χ0) is 15.7. The van der Waals surface area contributed by atoms with Crippen molar-refractivity contribution in [3.8, 4) is 11.4 Å². The number of benzene rings is 1. The highest BCUT2D eigenvalue weighted by Crippen LogP contribution is 2.32. The van der Waals surface area contributed by atoms with Gasteiger partial charge in [-0.15, -0.1) is 10.2 Å². The molecule has 7 heteroatoms. The number of nitrogens with zero attached hydrogens (tertiary/aromatic N) is 4. The van der Waals surface area contributed by atoms with E-state index >= 15 is 0 Å². The zero-order valence-corrected chi connectivity index (χ0v) is 12.6. The van der Waals surface area contributed by atoms with Gasteiger partial charge in [-0.05, 0) is 61.6 Å². The van der Waals surface area contributed by atoms with E-state index in [4.69, 9.17) is 0 Å². The summed E-state index contributed by atoms with van der Waals surface area (Å²) in [5, 5.41) is 14.9. The van der Waals surface area contributed by atoms with Crippen LogP contribution in [0.2, 0.25) is 0 Å². The Hall–Kier alpha value is -2.31. The molecule has 0 spiro atoms. The van der Waals surface area contributed by atoms with Gasteiger partial charge in [0.1, 0.15) is 12.4 Å². The molecule has 1 atom stereocenters. The Kier molecular flexibility index (Phi) is 3.87. The van der Waals surface area contributed by atoms with Crippen molar-refractivity contribution < 1.29 is 9.18 Å². The maximum absolute atomic E-state index is 13.3. The number of carbonyl (C=O) groups excluding carboxylic acids is 1. The van der Waals surface area contributed by atoms with Crippen LogP contribution < -0.4 is 5.32 Å². The Bertz CT molecular complexity index is 695. The van der Waals surface area contributed by atoms with Crippen molar-refractivity contribution in [1.82, 2.24) is 25.5 Å². The standard InChI is InChI=1S/C15H18FN5O/c1-9-7-12(5-6-13(9)16)15-18-20-21(19-15)8-14(22)17-10(2)11-3-4-11/h5-7,10-11H,3-4,8H2,1-2H3,(H,17,22). The van der Waals surface area contributed by atoms with Crippen LogP contribution >= 0.6 is 0 Å². The molecule has 0 bridgehead atoms. The summed E-state index contributed by atoms with van der Waals surface area (Å²) in [5.41, 5.74) is 1.20. The minimum Gasteiger partial charge on any atom is -0.352 e. The number of rotatable bonds is 5. The predicted molar refractivity (Wildman–Crippen MR) is 78.3 cm³/mol. The smallest absolute Gasteiger partial charge is 0.243 e. The van der Waals surface area contributed by atoms with E-state index in [0.717, 1.165) is 0 Å². The number of aromatic nitrogens is 4. The average molecular weight is 303 g/mol. The van der Waals surface area contributed by atoms with Gasteiger partial charge in [0.25, 0.3) is 0 Å². The summed E-state index contributed by atoms with van der Waals surface area (Å²) in [5.74, 6) is 0.583. The number of tetrazole rings is 1. The fourth-order valence-electron chi connectivity index (χ4n) is 2.35. The van der Waals surface area contributed by atoms with Gasteiger partial charge in [-0.25, -0.2) is 4.39 Å². The third kappa shape index (κ3) is 3.29. The topological polar surface area (TPSA) is 72.7 Å². The van der Waals surface area contributed by atoms with Crippen LogP contribution in [0.15, 0.2) is 18.2 Å². The minimum absolute atomic E-state index is 0.0320. The van der Waals surface area contributed by atoms with E-state index < -0.39 is 0 Å². The van der Waals surface area contributed by atoms with Crippen molar-refractivity contribution in [1.29, 1.82) is 0 Å². The molecule has 1 aromatic heterocycles. The van der Waals surface area contributed by atoms with Gasteiger partial charge < -0.3 is 5.32 Å². The minimum atomic E-state index is -0.274. The number of carbonyl (C=O) groups is 1. The van der Waals surface area contributed by atoms with Crippen molar-refractivity contribution in [2.45, 2.75) is 39.3 Å². The number of hydrogen-bond acceptors (Lipinski definition) is 4. The summed E-state index contributed by atoms with van der Waals surface area (Å²) in [6, 6.07) is 4.82. The monoisotopic (exact) mass is 303 g/mol. The molecule has 0 saturated heterocycles. The molecule has 2 aromatic rings. The Labute approximate surface area is 127 Å². The van der Waals surface area contributed by atoms with Crippen molar-refractivity contribution in [2.75, 3.05) is 0 Å². The molecular weight excluding hydrogens is 285 g/mol. The molecule has 1 fully saturated rings.